The zero-order valence-electron chi connectivity index (χ0n) is 17.3. The van der Waals surface area contributed by atoms with Crippen molar-refractivity contribution in [3.8, 4) is 5.75 Å². The first kappa shape index (κ1) is 22.5. The Kier molecular flexibility index (Phi) is 7.69. The number of piperidine rings is 1. The van der Waals surface area contributed by atoms with Gasteiger partial charge in [0, 0.05) is 25.2 Å². The van der Waals surface area contributed by atoms with E-state index in [0.29, 0.717) is 31.5 Å². The van der Waals surface area contributed by atoms with Gasteiger partial charge in [-0.3, -0.25) is 4.79 Å². The molecule has 164 valence electrons. The Morgan fingerprint density at radius 2 is 1.97 bits per heavy atom. The molecule has 3 heterocycles. The molecule has 1 amide bonds. The molecule has 0 saturated carbocycles. The van der Waals surface area contributed by atoms with Crippen molar-refractivity contribution in [1.29, 1.82) is 0 Å². The highest BCUT2D eigenvalue weighted by Gasteiger charge is 2.35. The summed E-state index contributed by atoms with van der Waals surface area (Å²) in [5.41, 5.74) is 1.42. The van der Waals surface area contributed by atoms with Crippen molar-refractivity contribution < 1.29 is 14.3 Å². The molecular weight excluding hydrogens is 406 g/mol. The molecule has 2 fully saturated rings. The van der Waals surface area contributed by atoms with Gasteiger partial charge in [0.15, 0.2) is 5.69 Å². The molecule has 9 heteroatoms. The van der Waals surface area contributed by atoms with Crippen LogP contribution in [0.5, 0.6) is 5.75 Å². The van der Waals surface area contributed by atoms with Crippen LogP contribution in [0, 0.1) is 0 Å². The minimum Gasteiger partial charge on any atom is -0.497 e. The molecule has 0 spiro atoms. The molecule has 0 bridgehead atoms. The lowest BCUT2D eigenvalue weighted by Gasteiger charge is -2.38. The third-order valence-electron chi connectivity index (χ3n) is 6.17. The average Bonchev–Trinajstić information content (AvgIpc) is 3.29. The van der Waals surface area contributed by atoms with Crippen molar-refractivity contribution in [3.63, 3.8) is 0 Å². The second-order valence-corrected chi connectivity index (χ2v) is 7.87. The van der Waals surface area contributed by atoms with Crippen LogP contribution in [0.25, 0.3) is 0 Å². The number of amides is 1. The standard InChI is InChI=1S/C21H29N5O3.ClH/c1-28-18-4-2-16(3-5-18)21(8-12-29-13-9-21)15-23-20(27)19-14-26(25-24-19)17-6-10-22-11-7-17;/h2-5,14,17,22H,6-13,15H2,1H3,(H,23,27);1H. The maximum Gasteiger partial charge on any atom is 0.273 e. The topological polar surface area (TPSA) is 90.3 Å². The van der Waals surface area contributed by atoms with Crippen molar-refractivity contribution >= 4 is 18.3 Å². The minimum absolute atomic E-state index is 0. The first-order valence-electron chi connectivity index (χ1n) is 10.3. The van der Waals surface area contributed by atoms with Crippen LogP contribution in [0.4, 0.5) is 0 Å². The smallest absolute Gasteiger partial charge is 0.273 e. The number of carbonyl (C=O) groups excluding carboxylic acids is 1. The summed E-state index contributed by atoms with van der Waals surface area (Å²) in [5, 5.41) is 14.7. The number of carbonyl (C=O) groups is 1. The Balaban J connectivity index is 0.00000256. The SMILES string of the molecule is COc1ccc(C2(CNC(=O)c3cn(C4CCNCC4)nn3)CCOCC2)cc1.Cl. The zero-order chi connectivity index (χ0) is 20.1. The number of benzene rings is 1. The van der Waals surface area contributed by atoms with Crippen LogP contribution >= 0.6 is 12.4 Å². The van der Waals surface area contributed by atoms with E-state index in [4.69, 9.17) is 9.47 Å². The van der Waals surface area contributed by atoms with Gasteiger partial charge in [0.25, 0.3) is 5.91 Å². The van der Waals surface area contributed by atoms with E-state index in [9.17, 15) is 4.79 Å². The summed E-state index contributed by atoms with van der Waals surface area (Å²) in [7, 11) is 1.66. The summed E-state index contributed by atoms with van der Waals surface area (Å²) in [4.78, 5) is 12.8. The lowest BCUT2D eigenvalue weighted by atomic mass is 9.74. The van der Waals surface area contributed by atoms with E-state index in [1.807, 2.05) is 16.8 Å². The second kappa shape index (κ2) is 10.2. The highest BCUT2D eigenvalue weighted by atomic mass is 35.5. The van der Waals surface area contributed by atoms with Crippen LogP contribution in [0.15, 0.2) is 30.5 Å². The predicted octanol–water partition coefficient (Wildman–Crippen LogP) is 2.11. The van der Waals surface area contributed by atoms with E-state index in [2.05, 4.69) is 33.1 Å². The minimum atomic E-state index is -0.176. The molecule has 4 rings (SSSR count). The Morgan fingerprint density at radius 1 is 1.27 bits per heavy atom. The van der Waals surface area contributed by atoms with Gasteiger partial charge in [-0.25, -0.2) is 4.68 Å². The van der Waals surface area contributed by atoms with Gasteiger partial charge in [0.2, 0.25) is 0 Å². The van der Waals surface area contributed by atoms with Gasteiger partial charge >= 0.3 is 0 Å². The molecule has 2 aliphatic rings. The zero-order valence-corrected chi connectivity index (χ0v) is 18.1. The number of nitrogens with one attached hydrogen (secondary N) is 2. The van der Waals surface area contributed by atoms with Crippen molar-refractivity contribution in [2.45, 2.75) is 37.1 Å². The van der Waals surface area contributed by atoms with Gasteiger partial charge in [-0.05, 0) is 56.5 Å². The molecule has 0 aliphatic carbocycles. The van der Waals surface area contributed by atoms with Crippen LogP contribution < -0.4 is 15.4 Å². The number of hydrogen-bond donors (Lipinski definition) is 2. The Labute approximate surface area is 183 Å². The predicted molar refractivity (Wildman–Crippen MR) is 115 cm³/mol. The highest BCUT2D eigenvalue weighted by Crippen LogP contribution is 2.35. The molecule has 2 aliphatic heterocycles. The first-order valence-corrected chi connectivity index (χ1v) is 10.3. The highest BCUT2D eigenvalue weighted by molar-refractivity contribution is 5.91. The molecule has 0 radical (unpaired) electrons. The molecule has 0 atom stereocenters. The fourth-order valence-electron chi connectivity index (χ4n) is 4.24. The lowest BCUT2D eigenvalue weighted by Crippen LogP contribution is -2.44. The number of halogens is 1. The number of hydrogen-bond acceptors (Lipinski definition) is 6. The first-order chi connectivity index (χ1) is 14.2. The van der Waals surface area contributed by atoms with Gasteiger partial charge in [-0.15, -0.1) is 17.5 Å². The maximum atomic E-state index is 12.8. The third kappa shape index (κ3) is 4.94. The van der Waals surface area contributed by atoms with E-state index in [0.717, 1.165) is 44.5 Å². The summed E-state index contributed by atoms with van der Waals surface area (Å²) >= 11 is 0. The molecule has 1 aromatic heterocycles. The van der Waals surface area contributed by atoms with E-state index < -0.39 is 0 Å². The lowest BCUT2D eigenvalue weighted by molar-refractivity contribution is 0.0486. The summed E-state index contributed by atoms with van der Waals surface area (Å²) < 4.78 is 12.7. The molecule has 1 aromatic carbocycles. The number of nitrogens with zero attached hydrogens (tertiary/aromatic N) is 3. The molecule has 2 saturated heterocycles. The van der Waals surface area contributed by atoms with Crippen LogP contribution in [-0.4, -0.2) is 60.9 Å². The Hall–Kier alpha value is -2.16. The molecule has 8 nitrogen and oxygen atoms in total. The number of ether oxygens (including phenoxy) is 2. The average molecular weight is 436 g/mol. The number of methoxy groups -OCH3 is 1. The Morgan fingerprint density at radius 3 is 2.63 bits per heavy atom. The molecule has 30 heavy (non-hydrogen) atoms. The van der Waals surface area contributed by atoms with Crippen molar-refractivity contribution in [2.24, 2.45) is 0 Å². The fraction of sp³-hybridized carbons (Fsp3) is 0.571. The van der Waals surface area contributed by atoms with Gasteiger partial charge in [0.05, 0.1) is 19.3 Å². The third-order valence-corrected chi connectivity index (χ3v) is 6.17. The summed E-state index contributed by atoms with van der Waals surface area (Å²) in [6.45, 7) is 3.86. The summed E-state index contributed by atoms with van der Waals surface area (Å²) in [6, 6.07) is 8.43. The fourth-order valence-corrected chi connectivity index (χ4v) is 4.24. The van der Waals surface area contributed by atoms with Crippen LogP contribution in [-0.2, 0) is 10.2 Å². The normalized spacial score (nSPS) is 19.0. The maximum absolute atomic E-state index is 12.8. The molecule has 2 aromatic rings. The van der Waals surface area contributed by atoms with Crippen LogP contribution in [0.2, 0.25) is 0 Å². The summed E-state index contributed by atoms with van der Waals surface area (Å²) in [6.07, 6.45) is 5.51. The molecule has 2 N–H and O–H groups in total. The largest absolute Gasteiger partial charge is 0.497 e. The second-order valence-electron chi connectivity index (χ2n) is 7.87. The molecule has 0 unspecified atom stereocenters. The van der Waals surface area contributed by atoms with E-state index >= 15 is 0 Å². The Bertz CT molecular complexity index is 814. The van der Waals surface area contributed by atoms with E-state index in [1.165, 1.54) is 5.56 Å². The molecular formula is C21H30ClN5O3. The van der Waals surface area contributed by atoms with Gasteiger partial charge < -0.3 is 20.1 Å². The quantitative estimate of drug-likeness (QED) is 0.722. The van der Waals surface area contributed by atoms with Gasteiger partial charge in [0.1, 0.15) is 5.75 Å². The number of aromatic nitrogens is 3. The van der Waals surface area contributed by atoms with Crippen LogP contribution in [0.3, 0.4) is 0 Å². The van der Waals surface area contributed by atoms with Crippen molar-refractivity contribution in [1.82, 2.24) is 25.6 Å². The van der Waals surface area contributed by atoms with Gasteiger partial charge in [-0.2, -0.15) is 0 Å². The number of rotatable bonds is 6. The van der Waals surface area contributed by atoms with Crippen molar-refractivity contribution in [2.75, 3.05) is 40.0 Å². The van der Waals surface area contributed by atoms with Gasteiger partial charge in [-0.1, -0.05) is 17.3 Å². The van der Waals surface area contributed by atoms with E-state index in [-0.39, 0.29) is 23.7 Å². The van der Waals surface area contributed by atoms with Crippen molar-refractivity contribution in [3.05, 3.63) is 41.7 Å². The monoisotopic (exact) mass is 435 g/mol. The van der Waals surface area contributed by atoms with Crippen LogP contribution in [0.1, 0.15) is 47.8 Å². The van der Waals surface area contributed by atoms with E-state index in [1.54, 1.807) is 13.3 Å². The summed E-state index contributed by atoms with van der Waals surface area (Å²) in [5.74, 6) is 0.652.